The van der Waals surface area contributed by atoms with Gasteiger partial charge in [-0.05, 0) is 18.2 Å². The Kier molecular flexibility index (Phi) is 5.28. The van der Waals surface area contributed by atoms with Crippen molar-refractivity contribution in [1.29, 1.82) is 0 Å². The summed E-state index contributed by atoms with van der Waals surface area (Å²) in [4.78, 5) is 18.8. The molecule has 0 unspecified atom stereocenters. The predicted octanol–water partition coefficient (Wildman–Crippen LogP) is 1.68. The van der Waals surface area contributed by atoms with Crippen LogP contribution in [0.3, 0.4) is 0 Å². The quantitative estimate of drug-likeness (QED) is 0.875. The minimum absolute atomic E-state index is 0.109. The van der Waals surface area contributed by atoms with Gasteiger partial charge >= 0.3 is 0 Å². The predicted molar refractivity (Wildman–Crippen MR) is 94.6 cm³/mol. The molecular weight excluding hydrogens is 304 g/mol. The summed E-state index contributed by atoms with van der Waals surface area (Å²) in [6.45, 7) is 3.91. The molecule has 0 spiro atoms. The van der Waals surface area contributed by atoms with E-state index in [-0.39, 0.29) is 12.3 Å². The normalized spacial score (nSPS) is 14.3. The number of ether oxygens (including phenoxy) is 1. The minimum atomic E-state index is -0.109. The monoisotopic (exact) mass is 326 g/mol. The van der Waals surface area contributed by atoms with Gasteiger partial charge in [-0.1, -0.05) is 18.2 Å². The van der Waals surface area contributed by atoms with Crippen LogP contribution in [0.2, 0.25) is 0 Å². The Balaban J connectivity index is 1.60. The first kappa shape index (κ1) is 16.3. The summed E-state index contributed by atoms with van der Waals surface area (Å²) < 4.78 is 5.27. The number of piperazine rings is 1. The van der Waals surface area contributed by atoms with Crippen molar-refractivity contribution in [2.45, 2.75) is 6.42 Å². The Hall–Kier alpha value is -2.60. The number of para-hydroxylation sites is 1. The number of hydrogen-bond donors (Lipinski definition) is 2. The first-order valence-electron chi connectivity index (χ1n) is 8.10. The van der Waals surface area contributed by atoms with Crippen molar-refractivity contribution in [3.05, 3.63) is 48.2 Å². The van der Waals surface area contributed by atoms with Crippen molar-refractivity contribution in [3.8, 4) is 5.75 Å². The first-order valence-corrected chi connectivity index (χ1v) is 8.10. The van der Waals surface area contributed by atoms with Crippen LogP contribution in [0.1, 0.15) is 5.56 Å². The van der Waals surface area contributed by atoms with Gasteiger partial charge in [0.2, 0.25) is 5.91 Å². The van der Waals surface area contributed by atoms with E-state index in [0.717, 1.165) is 43.2 Å². The zero-order chi connectivity index (χ0) is 16.8. The van der Waals surface area contributed by atoms with Crippen LogP contribution in [0.4, 0.5) is 11.5 Å². The van der Waals surface area contributed by atoms with Gasteiger partial charge in [0, 0.05) is 31.7 Å². The van der Waals surface area contributed by atoms with Crippen LogP contribution in [0, 0.1) is 0 Å². The number of carbonyl (C=O) groups is 1. The topological polar surface area (TPSA) is 66.5 Å². The number of benzene rings is 1. The van der Waals surface area contributed by atoms with E-state index in [1.54, 1.807) is 7.11 Å². The van der Waals surface area contributed by atoms with Gasteiger partial charge in [-0.25, -0.2) is 4.98 Å². The van der Waals surface area contributed by atoms with Crippen molar-refractivity contribution < 1.29 is 9.53 Å². The minimum Gasteiger partial charge on any atom is -0.496 e. The smallest absolute Gasteiger partial charge is 0.230 e. The number of hydrogen-bond acceptors (Lipinski definition) is 5. The lowest BCUT2D eigenvalue weighted by atomic mass is 10.1. The first-order chi connectivity index (χ1) is 11.8. The van der Waals surface area contributed by atoms with Crippen molar-refractivity contribution in [2.24, 2.45) is 0 Å². The summed E-state index contributed by atoms with van der Waals surface area (Å²) >= 11 is 0. The zero-order valence-corrected chi connectivity index (χ0v) is 13.8. The molecule has 1 aliphatic rings. The van der Waals surface area contributed by atoms with Crippen LogP contribution in [0.15, 0.2) is 42.6 Å². The Bertz CT molecular complexity index is 682. The largest absolute Gasteiger partial charge is 0.496 e. The molecular formula is C18H22N4O2. The summed E-state index contributed by atoms with van der Waals surface area (Å²) in [5, 5.41) is 6.16. The molecule has 0 atom stereocenters. The maximum Gasteiger partial charge on any atom is 0.230 e. The van der Waals surface area contributed by atoms with Crippen molar-refractivity contribution in [1.82, 2.24) is 10.3 Å². The van der Waals surface area contributed by atoms with Crippen molar-refractivity contribution in [2.75, 3.05) is 43.5 Å². The second-order valence-corrected chi connectivity index (χ2v) is 5.68. The number of pyridine rings is 1. The van der Waals surface area contributed by atoms with E-state index in [9.17, 15) is 4.79 Å². The van der Waals surface area contributed by atoms with Crippen LogP contribution in [-0.4, -0.2) is 44.2 Å². The van der Waals surface area contributed by atoms with Gasteiger partial charge < -0.3 is 20.3 Å². The van der Waals surface area contributed by atoms with Gasteiger partial charge in [0.15, 0.2) is 0 Å². The number of carbonyl (C=O) groups excluding carboxylic acids is 1. The van der Waals surface area contributed by atoms with Gasteiger partial charge in [0.1, 0.15) is 11.6 Å². The number of aromatic nitrogens is 1. The standard InChI is InChI=1S/C18H22N4O2/c1-24-16-5-3-2-4-14(16)12-18(23)21-17-7-6-15(13-20-17)22-10-8-19-9-11-22/h2-7,13,19H,8-12H2,1H3,(H,20,21,23). The van der Waals surface area contributed by atoms with E-state index in [1.807, 2.05) is 42.6 Å². The van der Waals surface area contributed by atoms with E-state index in [4.69, 9.17) is 4.74 Å². The van der Waals surface area contributed by atoms with E-state index in [0.29, 0.717) is 5.82 Å². The number of rotatable bonds is 5. The molecule has 1 aromatic heterocycles. The Morgan fingerprint density at radius 2 is 2.04 bits per heavy atom. The van der Waals surface area contributed by atoms with E-state index in [2.05, 4.69) is 20.5 Å². The lowest BCUT2D eigenvalue weighted by Crippen LogP contribution is -2.43. The average molecular weight is 326 g/mol. The van der Waals surface area contributed by atoms with Crippen LogP contribution in [0.5, 0.6) is 5.75 Å². The average Bonchev–Trinajstić information content (AvgIpc) is 2.63. The molecule has 6 heteroatoms. The Labute approximate surface area is 141 Å². The maximum atomic E-state index is 12.2. The molecule has 0 aliphatic carbocycles. The second kappa shape index (κ2) is 7.79. The van der Waals surface area contributed by atoms with Gasteiger partial charge in [0.05, 0.1) is 25.4 Å². The molecule has 0 bridgehead atoms. The van der Waals surface area contributed by atoms with Crippen LogP contribution in [0.25, 0.3) is 0 Å². The molecule has 1 aliphatic heterocycles. The molecule has 2 N–H and O–H groups in total. The molecule has 24 heavy (non-hydrogen) atoms. The van der Waals surface area contributed by atoms with E-state index in [1.165, 1.54) is 0 Å². The lowest BCUT2D eigenvalue weighted by Gasteiger charge is -2.29. The number of anilines is 2. The number of nitrogens with one attached hydrogen (secondary N) is 2. The summed E-state index contributed by atoms with van der Waals surface area (Å²) in [6, 6.07) is 11.4. The Morgan fingerprint density at radius 1 is 1.25 bits per heavy atom. The molecule has 1 saturated heterocycles. The van der Waals surface area contributed by atoms with Crippen molar-refractivity contribution >= 4 is 17.4 Å². The molecule has 0 saturated carbocycles. The molecule has 1 amide bonds. The van der Waals surface area contributed by atoms with Crippen LogP contribution >= 0.6 is 0 Å². The highest BCUT2D eigenvalue weighted by molar-refractivity contribution is 5.91. The maximum absolute atomic E-state index is 12.2. The van der Waals surface area contributed by atoms with Gasteiger partial charge in [0.25, 0.3) is 0 Å². The molecule has 2 aromatic rings. The van der Waals surface area contributed by atoms with Crippen LogP contribution < -0.4 is 20.3 Å². The molecule has 0 radical (unpaired) electrons. The van der Waals surface area contributed by atoms with E-state index < -0.39 is 0 Å². The van der Waals surface area contributed by atoms with Gasteiger partial charge in [-0.3, -0.25) is 4.79 Å². The fraction of sp³-hybridized carbons (Fsp3) is 0.333. The second-order valence-electron chi connectivity index (χ2n) is 5.68. The summed E-state index contributed by atoms with van der Waals surface area (Å²) in [5.74, 6) is 1.17. The van der Waals surface area contributed by atoms with Gasteiger partial charge in [-0.2, -0.15) is 0 Å². The third kappa shape index (κ3) is 4.02. The molecule has 1 fully saturated rings. The van der Waals surface area contributed by atoms with Crippen LogP contribution in [-0.2, 0) is 11.2 Å². The van der Waals surface area contributed by atoms with E-state index >= 15 is 0 Å². The highest BCUT2D eigenvalue weighted by Gasteiger charge is 2.12. The Morgan fingerprint density at radius 3 is 2.75 bits per heavy atom. The zero-order valence-electron chi connectivity index (χ0n) is 13.8. The molecule has 3 rings (SSSR count). The van der Waals surface area contributed by atoms with Gasteiger partial charge in [-0.15, -0.1) is 0 Å². The number of nitrogens with zero attached hydrogens (tertiary/aromatic N) is 2. The third-order valence-corrected chi connectivity index (χ3v) is 4.04. The lowest BCUT2D eigenvalue weighted by molar-refractivity contribution is -0.115. The molecule has 1 aromatic carbocycles. The molecule has 2 heterocycles. The molecule has 126 valence electrons. The molecule has 6 nitrogen and oxygen atoms in total. The number of methoxy groups -OCH3 is 1. The highest BCUT2D eigenvalue weighted by Crippen LogP contribution is 2.19. The fourth-order valence-electron chi connectivity index (χ4n) is 2.78. The SMILES string of the molecule is COc1ccccc1CC(=O)Nc1ccc(N2CCNCC2)cn1. The number of amides is 1. The third-order valence-electron chi connectivity index (χ3n) is 4.04. The summed E-state index contributed by atoms with van der Waals surface area (Å²) in [7, 11) is 1.60. The van der Waals surface area contributed by atoms with Crippen molar-refractivity contribution in [3.63, 3.8) is 0 Å². The summed E-state index contributed by atoms with van der Waals surface area (Å²) in [6.07, 6.45) is 2.06. The highest BCUT2D eigenvalue weighted by atomic mass is 16.5. The summed E-state index contributed by atoms with van der Waals surface area (Å²) in [5.41, 5.74) is 1.94. The fourth-order valence-corrected chi connectivity index (χ4v) is 2.78.